The predicted molar refractivity (Wildman–Crippen MR) is 156 cm³/mol. The van der Waals surface area contributed by atoms with E-state index in [9.17, 15) is 31.1 Å². The molecule has 1 fully saturated rings. The average Bonchev–Trinajstić information content (AvgIpc) is 3.48. The first kappa shape index (κ1) is 34.0. The number of aryl methyl sites for hydroxylation is 1. The summed E-state index contributed by atoms with van der Waals surface area (Å²) in [6.07, 6.45) is -6.36. The zero-order valence-electron chi connectivity index (χ0n) is 25.2. The van der Waals surface area contributed by atoms with Crippen LogP contribution in [0.25, 0.3) is 10.9 Å². The van der Waals surface area contributed by atoms with Crippen LogP contribution in [0.3, 0.4) is 0 Å². The molecule has 0 bridgehead atoms. The van der Waals surface area contributed by atoms with Gasteiger partial charge in [0.1, 0.15) is 5.82 Å². The quantitative estimate of drug-likeness (QED) is 0.238. The molecule has 1 aliphatic carbocycles. The van der Waals surface area contributed by atoms with Gasteiger partial charge in [-0.3, -0.25) is 4.90 Å². The van der Waals surface area contributed by atoms with Crippen LogP contribution in [0.5, 0.6) is 0 Å². The van der Waals surface area contributed by atoms with Gasteiger partial charge < -0.3 is 9.64 Å². The zero-order valence-corrected chi connectivity index (χ0v) is 25.2. The Labute approximate surface area is 248 Å². The highest BCUT2D eigenvalue weighted by Crippen LogP contribution is 2.37. The van der Waals surface area contributed by atoms with Crippen molar-refractivity contribution >= 4 is 22.8 Å². The fourth-order valence-electron chi connectivity index (χ4n) is 5.44. The Morgan fingerprint density at radius 1 is 0.930 bits per heavy atom. The summed E-state index contributed by atoms with van der Waals surface area (Å²) < 4.78 is 85.8. The Hall–Kier alpha value is -3.50. The summed E-state index contributed by atoms with van der Waals surface area (Å²) in [4.78, 5) is 21.0. The third-order valence-corrected chi connectivity index (χ3v) is 7.48. The SMILES string of the molecule is CC.CCN(CC1CCCC1)c1nc2ccc(C)cc2cc1CN(Cc1cc(C(F)(F)F)cc(C(F)(F)F)c1)C(=O)OC. The van der Waals surface area contributed by atoms with Crippen LogP contribution >= 0.6 is 0 Å². The van der Waals surface area contributed by atoms with Crippen molar-refractivity contribution in [1.82, 2.24) is 9.88 Å². The van der Waals surface area contributed by atoms with E-state index in [1.807, 2.05) is 52.0 Å². The average molecular weight is 612 g/mol. The van der Waals surface area contributed by atoms with Gasteiger partial charge in [0.2, 0.25) is 0 Å². The number of aromatic nitrogens is 1. The number of carbonyl (C=O) groups excluding carboxylic acids is 1. The van der Waals surface area contributed by atoms with Crippen molar-refractivity contribution in [3.8, 4) is 0 Å². The van der Waals surface area contributed by atoms with Gasteiger partial charge in [0.25, 0.3) is 0 Å². The number of carbonyl (C=O) groups is 1. The molecule has 43 heavy (non-hydrogen) atoms. The van der Waals surface area contributed by atoms with Gasteiger partial charge in [-0.05, 0) is 74.6 Å². The molecule has 0 saturated heterocycles. The van der Waals surface area contributed by atoms with Crippen molar-refractivity contribution in [2.75, 3.05) is 25.1 Å². The number of methoxy groups -OCH3 is 1. The number of amides is 1. The van der Waals surface area contributed by atoms with Gasteiger partial charge in [-0.2, -0.15) is 26.3 Å². The molecule has 236 valence electrons. The number of alkyl halides is 6. The lowest BCUT2D eigenvalue weighted by Gasteiger charge is -2.30. The maximum atomic E-state index is 13.5. The van der Waals surface area contributed by atoms with Crippen molar-refractivity contribution < 1.29 is 35.9 Å². The third kappa shape index (κ3) is 8.76. The van der Waals surface area contributed by atoms with E-state index in [0.29, 0.717) is 36.0 Å². The number of rotatable bonds is 8. The Kier molecular flexibility index (Phi) is 11.3. The Morgan fingerprint density at radius 2 is 1.53 bits per heavy atom. The Morgan fingerprint density at radius 3 is 2.07 bits per heavy atom. The molecule has 5 nitrogen and oxygen atoms in total. The second-order valence-electron chi connectivity index (χ2n) is 10.6. The molecule has 2 aromatic carbocycles. The topological polar surface area (TPSA) is 45.7 Å². The fraction of sp³-hybridized carbons (Fsp3) is 0.500. The first-order chi connectivity index (χ1) is 20.3. The monoisotopic (exact) mass is 611 g/mol. The number of pyridine rings is 1. The van der Waals surface area contributed by atoms with Crippen LogP contribution in [-0.4, -0.2) is 36.2 Å². The number of ether oxygens (including phenoxy) is 1. The van der Waals surface area contributed by atoms with Crippen molar-refractivity contribution in [2.24, 2.45) is 5.92 Å². The smallest absolute Gasteiger partial charge is 0.416 e. The molecule has 0 atom stereocenters. The van der Waals surface area contributed by atoms with Gasteiger partial charge in [0, 0.05) is 30.6 Å². The van der Waals surface area contributed by atoms with Gasteiger partial charge in [-0.25, -0.2) is 9.78 Å². The summed E-state index contributed by atoms with van der Waals surface area (Å²) in [5.74, 6) is 1.12. The van der Waals surface area contributed by atoms with Crippen molar-refractivity contribution in [3.05, 3.63) is 70.3 Å². The van der Waals surface area contributed by atoms with Crippen molar-refractivity contribution in [1.29, 1.82) is 0 Å². The number of hydrogen-bond donors (Lipinski definition) is 0. The molecule has 0 unspecified atom stereocenters. The van der Waals surface area contributed by atoms with Gasteiger partial charge >= 0.3 is 18.4 Å². The number of benzene rings is 2. The summed E-state index contributed by atoms with van der Waals surface area (Å²) in [5.41, 5.74) is -0.839. The number of nitrogens with zero attached hydrogens (tertiary/aromatic N) is 3. The molecule has 11 heteroatoms. The van der Waals surface area contributed by atoms with E-state index in [-0.39, 0.29) is 18.2 Å². The molecule has 0 aliphatic heterocycles. The first-order valence-corrected chi connectivity index (χ1v) is 14.5. The summed E-state index contributed by atoms with van der Waals surface area (Å²) in [6.45, 7) is 8.66. The summed E-state index contributed by atoms with van der Waals surface area (Å²) in [7, 11) is 1.12. The van der Waals surface area contributed by atoms with E-state index in [2.05, 4.69) is 4.90 Å². The molecule has 1 aromatic heterocycles. The van der Waals surface area contributed by atoms with E-state index in [4.69, 9.17) is 9.72 Å². The molecule has 0 N–H and O–H groups in total. The lowest BCUT2D eigenvalue weighted by Crippen LogP contribution is -2.33. The lowest BCUT2D eigenvalue weighted by molar-refractivity contribution is -0.143. The molecule has 1 aliphatic rings. The second kappa shape index (κ2) is 14.3. The fourth-order valence-corrected chi connectivity index (χ4v) is 5.44. The van der Waals surface area contributed by atoms with Crippen LogP contribution in [0.15, 0.2) is 42.5 Å². The third-order valence-electron chi connectivity index (χ3n) is 7.48. The zero-order chi connectivity index (χ0) is 31.9. The second-order valence-corrected chi connectivity index (χ2v) is 10.6. The number of hydrogen-bond acceptors (Lipinski definition) is 4. The molecule has 1 heterocycles. The highest BCUT2D eigenvalue weighted by atomic mass is 19.4. The van der Waals surface area contributed by atoms with Gasteiger partial charge in [-0.1, -0.05) is 38.3 Å². The summed E-state index contributed by atoms with van der Waals surface area (Å²) in [6, 6.07) is 9.00. The van der Waals surface area contributed by atoms with Crippen LogP contribution < -0.4 is 4.90 Å². The number of halogens is 6. The Bertz CT molecular complexity index is 1350. The lowest BCUT2D eigenvalue weighted by atomic mass is 10.0. The van der Waals surface area contributed by atoms with Crippen LogP contribution in [0.2, 0.25) is 0 Å². The molecule has 4 rings (SSSR count). The number of anilines is 1. The highest BCUT2D eigenvalue weighted by molar-refractivity contribution is 5.83. The number of fused-ring (bicyclic) bond motifs is 1. The maximum Gasteiger partial charge on any atom is 0.416 e. The Balaban J connectivity index is 0.00000248. The van der Waals surface area contributed by atoms with E-state index in [1.165, 1.54) is 0 Å². The normalized spacial score (nSPS) is 13.9. The van der Waals surface area contributed by atoms with Gasteiger partial charge in [0.05, 0.1) is 30.3 Å². The minimum atomic E-state index is -5.00. The molecule has 3 aromatic rings. The van der Waals surface area contributed by atoms with Crippen LogP contribution in [0.4, 0.5) is 37.0 Å². The molecule has 1 amide bonds. The van der Waals surface area contributed by atoms with E-state index in [0.717, 1.165) is 60.7 Å². The summed E-state index contributed by atoms with van der Waals surface area (Å²) in [5, 5.41) is 0.809. The molecular formula is C32H39F6N3O2. The minimum absolute atomic E-state index is 0.0713. The molecule has 0 radical (unpaired) electrons. The predicted octanol–water partition coefficient (Wildman–Crippen LogP) is 9.39. The van der Waals surface area contributed by atoms with Crippen LogP contribution in [0, 0.1) is 12.8 Å². The largest absolute Gasteiger partial charge is 0.453 e. The molecule has 1 saturated carbocycles. The van der Waals surface area contributed by atoms with Crippen molar-refractivity contribution in [2.45, 2.75) is 78.8 Å². The van der Waals surface area contributed by atoms with Gasteiger partial charge in [0.15, 0.2) is 0 Å². The van der Waals surface area contributed by atoms with Crippen molar-refractivity contribution in [3.63, 3.8) is 0 Å². The standard InChI is InChI=1S/C30H33F6N3O2.C2H6/c1-4-38(16-20-7-5-6-8-20)27-23(14-22-11-19(2)9-10-26(22)37-27)18-39(28(40)41-3)17-21-12-24(29(31,32)33)15-25(13-21)30(34,35)36;1-2/h9-15,20H,4-8,16-18H2,1-3H3;1-2H3. The van der Waals surface area contributed by atoms with E-state index >= 15 is 0 Å². The minimum Gasteiger partial charge on any atom is -0.453 e. The molecule has 0 spiro atoms. The maximum absolute atomic E-state index is 13.5. The van der Waals surface area contributed by atoms with Gasteiger partial charge in [-0.15, -0.1) is 0 Å². The van der Waals surface area contributed by atoms with E-state index in [1.54, 1.807) is 0 Å². The van der Waals surface area contributed by atoms with E-state index < -0.39 is 36.1 Å². The molecular weight excluding hydrogens is 572 g/mol. The first-order valence-electron chi connectivity index (χ1n) is 14.5. The summed E-state index contributed by atoms with van der Waals surface area (Å²) >= 11 is 0. The highest BCUT2D eigenvalue weighted by Gasteiger charge is 2.37. The van der Waals surface area contributed by atoms with Crippen LogP contribution in [0.1, 0.15) is 74.3 Å². The van der Waals surface area contributed by atoms with Crippen LogP contribution in [-0.2, 0) is 30.2 Å².